The number of aromatic nitrogens is 2. The van der Waals surface area contributed by atoms with Crippen LogP contribution in [0.5, 0.6) is 11.8 Å². The SMILES string of the molecule is CCOc1nnc(O[C@@H]2C[C@H]3C(=O)N[C@]4(C(=O)NS(=O)(=O)C5CC5)C[C@H]4C=CCC[C@H](C)C[C@@H](C)[C@H](NC(=O)O)C(=O)N3C2)c2ccccc12. The van der Waals surface area contributed by atoms with Gasteiger partial charge in [0.05, 0.1) is 29.2 Å². The maximum atomic E-state index is 14.3. The Morgan fingerprint density at radius 2 is 1.78 bits per heavy atom. The molecule has 15 nitrogen and oxygen atoms in total. The van der Waals surface area contributed by atoms with Crippen molar-refractivity contribution in [1.29, 1.82) is 0 Å². The molecule has 2 aromatic rings. The first-order valence-corrected chi connectivity index (χ1v) is 18.8. The fourth-order valence-corrected chi connectivity index (χ4v) is 8.54. The predicted octanol–water partition coefficient (Wildman–Crippen LogP) is 2.51. The number of sulfonamides is 1. The fraction of sp³-hybridized carbons (Fsp3) is 0.588. The summed E-state index contributed by atoms with van der Waals surface area (Å²) in [6, 6.07) is 4.91. The summed E-state index contributed by atoms with van der Waals surface area (Å²) in [7, 11) is -3.90. The van der Waals surface area contributed by atoms with Gasteiger partial charge in [-0.2, -0.15) is 0 Å². The first kappa shape index (κ1) is 35.4. The Kier molecular flexibility index (Phi) is 9.93. The number of carbonyl (C=O) groups excluding carboxylic acids is 3. The first-order chi connectivity index (χ1) is 23.8. The van der Waals surface area contributed by atoms with Gasteiger partial charge >= 0.3 is 6.09 Å². The Bertz CT molecular complexity index is 1800. The second kappa shape index (κ2) is 14.0. The van der Waals surface area contributed by atoms with Gasteiger partial charge in [0.25, 0.3) is 5.91 Å². The molecule has 4 aliphatic rings. The van der Waals surface area contributed by atoms with E-state index < -0.39 is 74.7 Å². The van der Waals surface area contributed by atoms with Gasteiger partial charge in [-0.15, -0.1) is 10.2 Å². The number of ether oxygens (including phenoxy) is 2. The summed E-state index contributed by atoms with van der Waals surface area (Å²) in [5.74, 6) is -2.34. The lowest BCUT2D eigenvalue weighted by molar-refractivity contribution is -0.142. The summed E-state index contributed by atoms with van der Waals surface area (Å²) in [5, 5.41) is 24.0. The van der Waals surface area contributed by atoms with E-state index in [4.69, 9.17) is 9.47 Å². The molecule has 50 heavy (non-hydrogen) atoms. The number of allylic oxidation sites excluding steroid dienone is 1. The topological polar surface area (TPSA) is 206 Å². The molecule has 4 N–H and O–H groups in total. The van der Waals surface area contributed by atoms with E-state index in [2.05, 4.69) is 25.6 Å². The molecule has 2 saturated carbocycles. The molecule has 3 heterocycles. The van der Waals surface area contributed by atoms with Crippen molar-refractivity contribution in [3.8, 4) is 11.8 Å². The fourth-order valence-electron chi connectivity index (χ4n) is 7.17. The third-order valence-electron chi connectivity index (χ3n) is 10.1. The molecule has 0 spiro atoms. The number of hydrogen-bond acceptors (Lipinski definition) is 10. The van der Waals surface area contributed by atoms with E-state index in [1.54, 1.807) is 19.1 Å². The summed E-state index contributed by atoms with van der Waals surface area (Å²) in [6.07, 6.45) is 4.65. The van der Waals surface area contributed by atoms with E-state index in [0.717, 1.165) is 6.42 Å². The van der Waals surface area contributed by atoms with Gasteiger partial charge in [-0.25, -0.2) is 13.2 Å². The molecule has 0 radical (unpaired) electrons. The van der Waals surface area contributed by atoms with Crippen molar-refractivity contribution in [1.82, 2.24) is 30.5 Å². The van der Waals surface area contributed by atoms with Gasteiger partial charge in [-0.1, -0.05) is 38.1 Å². The van der Waals surface area contributed by atoms with E-state index in [-0.39, 0.29) is 31.2 Å². The van der Waals surface area contributed by atoms with Gasteiger partial charge < -0.3 is 30.1 Å². The molecular weight excluding hydrogens is 668 g/mol. The van der Waals surface area contributed by atoms with Gasteiger partial charge in [-0.05, 0) is 69.4 Å². The zero-order valence-electron chi connectivity index (χ0n) is 28.3. The third kappa shape index (κ3) is 7.35. The highest BCUT2D eigenvalue weighted by Gasteiger charge is 2.62. The van der Waals surface area contributed by atoms with E-state index in [9.17, 15) is 32.7 Å². The van der Waals surface area contributed by atoms with Crippen LogP contribution in [0.4, 0.5) is 4.79 Å². The number of nitrogens with one attached hydrogen (secondary N) is 3. The van der Waals surface area contributed by atoms with Gasteiger partial charge in [-0.3, -0.25) is 19.1 Å². The molecule has 6 rings (SSSR count). The first-order valence-electron chi connectivity index (χ1n) is 17.2. The van der Waals surface area contributed by atoms with Crippen molar-refractivity contribution in [2.24, 2.45) is 17.8 Å². The Morgan fingerprint density at radius 3 is 2.46 bits per heavy atom. The number of nitrogens with zero attached hydrogens (tertiary/aromatic N) is 3. The Morgan fingerprint density at radius 1 is 1.08 bits per heavy atom. The lowest BCUT2D eigenvalue weighted by atomic mass is 9.88. The van der Waals surface area contributed by atoms with Gasteiger partial charge in [0, 0.05) is 12.3 Å². The van der Waals surface area contributed by atoms with Crippen LogP contribution in [-0.2, 0) is 24.4 Å². The monoisotopic (exact) mass is 712 g/mol. The number of amides is 4. The van der Waals surface area contributed by atoms with Crippen LogP contribution < -0.4 is 24.8 Å². The number of benzene rings is 1. The van der Waals surface area contributed by atoms with Crippen LogP contribution in [-0.4, -0.2) is 94.6 Å². The average Bonchev–Trinajstić information content (AvgIpc) is 3.99. The number of fused-ring (bicyclic) bond motifs is 3. The van der Waals surface area contributed by atoms with Crippen LogP contribution in [0.2, 0.25) is 0 Å². The molecule has 0 bridgehead atoms. The molecule has 1 aromatic heterocycles. The maximum absolute atomic E-state index is 14.3. The Balaban J connectivity index is 1.33. The van der Waals surface area contributed by atoms with Gasteiger partial charge in [0.2, 0.25) is 33.6 Å². The van der Waals surface area contributed by atoms with E-state index in [0.29, 0.717) is 48.9 Å². The highest BCUT2D eigenvalue weighted by Crippen LogP contribution is 2.46. The molecule has 1 saturated heterocycles. The standard InChI is InChI=1S/C34H44N6O9S/c1-4-48-29-24-11-7-8-12-25(24)30(38-37-29)49-22-16-26-28(41)36-34(32(43)39-50(46,47)23-13-14-23)17-21(34)10-6-5-9-19(2)15-20(3)27(35-33(44)45)31(42)40(26)18-22/h6-8,10-12,19-23,26-27,35H,4-5,9,13-18H2,1-3H3,(H,36,41)(H,39,43)(H,44,45)/t19-,20+,21+,22+,26-,27-,34+/m0/s1. The van der Waals surface area contributed by atoms with Crippen LogP contribution in [0, 0.1) is 17.8 Å². The normalized spacial score (nSPS) is 30.3. The Hall–Kier alpha value is -4.47. The molecule has 2 aliphatic heterocycles. The van der Waals surface area contributed by atoms with Crippen LogP contribution in [0.3, 0.4) is 0 Å². The molecule has 4 amide bonds. The third-order valence-corrected chi connectivity index (χ3v) is 11.9. The van der Waals surface area contributed by atoms with Crippen molar-refractivity contribution < 1.29 is 42.2 Å². The van der Waals surface area contributed by atoms with E-state index in [1.165, 1.54) is 4.90 Å². The predicted molar refractivity (Wildman–Crippen MR) is 181 cm³/mol. The highest BCUT2D eigenvalue weighted by molar-refractivity contribution is 7.91. The number of hydrogen-bond donors (Lipinski definition) is 4. The quantitative estimate of drug-likeness (QED) is 0.293. The molecule has 7 atom stereocenters. The zero-order valence-corrected chi connectivity index (χ0v) is 29.1. The van der Waals surface area contributed by atoms with Crippen LogP contribution >= 0.6 is 0 Å². The molecule has 2 aliphatic carbocycles. The smallest absolute Gasteiger partial charge is 0.405 e. The zero-order chi connectivity index (χ0) is 35.8. The minimum atomic E-state index is -3.90. The Labute approximate surface area is 290 Å². The molecule has 0 unspecified atom stereocenters. The van der Waals surface area contributed by atoms with Gasteiger partial charge in [0.15, 0.2) is 0 Å². The van der Waals surface area contributed by atoms with Crippen molar-refractivity contribution in [2.45, 2.75) is 94.7 Å². The molecular formula is C34H44N6O9S. The second-order valence-electron chi connectivity index (χ2n) is 14.0. The van der Waals surface area contributed by atoms with Crippen LogP contribution in [0.1, 0.15) is 65.7 Å². The van der Waals surface area contributed by atoms with E-state index >= 15 is 0 Å². The summed E-state index contributed by atoms with van der Waals surface area (Å²) in [5.41, 5.74) is -1.53. The maximum Gasteiger partial charge on any atom is 0.405 e. The summed E-state index contributed by atoms with van der Waals surface area (Å²) < 4.78 is 39.7. The average molecular weight is 713 g/mol. The van der Waals surface area contributed by atoms with Crippen LogP contribution in [0.25, 0.3) is 10.8 Å². The molecule has 3 fully saturated rings. The highest BCUT2D eigenvalue weighted by atomic mass is 32.2. The van der Waals surface area contributed by atoms with Crippen molar-refractivity contribution in [3.63, 3.8) is 0 Å². The number of carbonyl (C=O) groups is 4. The van der Waals surface area contributed by atoms with Crippen LogP contribution in [0.15, 0.2) is 36.4 Å². The van der Waals surface area contributed by atoms with Gasteiger partial charge in [0.1, 0.15) is 23.7 Å². The van der Waals surface area contributed by atoms with Crippen molar-refractivity contribution in [3.05, 3.63) is 36.4 Å². The number of carboxylic acid groups (broad SMARTS) is 1. The summed E-state index contributed by atoms with van der Waals surface area (Å²) in [6.45, 7) is 5.95. The minimum absolute atomic E-state index is 0.00998. The van der Waals surface area contributed by atoms with Crippen molar-refractivity contribution in [2.75, 3.05) is 13.2 Å². The summed E-state index contributed by atoms with van der Waals surface area (Å²) >= 11 is 0. The van der Waals surface area contributed by atoms with Crippen molar-refractivity contribution >= 4 is 44.6 Å². The second-order valence-corrected chi connectivity index (χ2v) is 15.9. The minimum Gasteiger partial charge on any atom is -0.476 e. The molecule has 270 valence electrons. The molecule has 16 heteroatoms. The number of rotatable bonds is 8. The summed E-state index contributed by atoms with van der Waals surface area (Å²) in [4.78, 5) is 55.4. The molecule has 1 aromatic carbocycles. The lowest BCUT2D eigenvalue weighted by Gasteiger charge is -2.32. The van der Waals surface area contributed by atoms with E-state index in [1.807, 2.05) is 38.1 Å². The lowest BCUT2D eigenvalue weighted by Crippen LogP contribution is -2.59. The largest absolute Gasteiger partial charge is 0.476 e.